The molecule has 2 N–H and O–H groups in total. The van der Waals surface area contributed by atoms with Gasteiger partial charge in [-0.2, -0.15) is 0 Å². The van der Waals surface area contributed by atoms with Gasteiger partial charge in [-0.05, 0) is 12.1 Å². The van der Waals surface area contributed by atoms with E-state index in [2.05, 4.69) is 4.98 Å². The Morgan fingerprint density at radius 1 is 1.27 bits per heavy atom. The van der Waals surface area contributed by atoms with Gasteiger partial charge in [0.15, 0.2) is 12.2 Å². The summed E-state index contributed by atoms with van der Waals surface area (Å²) < 4.78 is 27.6. The topological polar surface area (TPSA) is 86.2 Å². The first kappa shape index (κ1) is 9.88. The minimum atomic E-state index is -3.75. The van der Waals surface area contributed by atoms with E-state index in [1.54, 1.807) is 18.2 Å². The zero-order chi connectivity index (χ0) is 10.9. The van der Waals surface area contributed by atoms with Crippen molar-refractivity contribution in [2.24, 2.45) is 5.14 Å². The summed E-state index contributed by atoms with van der Waals surface area (Å²) in [5, 5.41) is 5.07. The Morgan fingerprint density at radius 3 is 2.60 bits per heavy atom. The monoisotopic (exact) mass is 224 g/mol. The summed E-state index contributed by atoms with van der Waals surface area (Å²) in [4.78, 5) is 3.75. The van der Waals surface area contributed by atoms with E-state index in [0.717, 1.165) is 0 Å². The number of aromatic nitrogens is 1. The first-order chi connectivity index (χ1) is 7.09. The van der Waals surface area contributed by atoms with Crippen molar-refractivity contribution in [2.75, 3.05) is 0 Å². The summed E-state index contributed by atoms with van der Waals surface area (Å²) in [6.45, 7) is 0. The van der Waals surface area contributed by atoms with Crippen molar-refractivity contribution in [2.45, 2.75) is 4.90 Å². The van der Waals surface area contributed by atoms with Crippen molar-refractivity contribution >= 4 is 10.0 Å². The van der Waals surface area contributed by atoms with Crippen LogP contribution >= 0.6 is 0 Å². The van der Waals surface area contributed by atoms with E-state index in [4.69, 9.17) is 9.56 Å². The standard InChI is InChI=1S/C9H8N2O3S/c10-15(12,13)9-4-2-1-3-7(9)8-5-11-6-14-8/h1-6H,(H2,10,12,13). The number of hydrogen-bond acceptors (Lipinski definition) is 4. The Bertz CT molecular complexity index is 561. The summed E-state index contributed by atoms with van der Waals surface area (Å²) in [5.74, 6) is 0.375. The highest BCUT2D eigenvalue weighted by atomic mass is 32.2. The molecule has 5 nitrogen and oxygen atoms in total. The molecule has 0 aliphatic heterocycles. The van der Waals surface area contributed by atoms with Gasteiger partial charge in [0.1, 0.15) is 0 Å². The van der Waals surface area contributed by atoms with Crippen LogP contribution in [0.4, 0.5) is 0 Å². The van der Waals surface area contributed by atoms with E-state index in [0.29, 0.717) is 11.3 Å². The van der Waals surface area contributed by atoms with Crippen LogP contribution in [0.3, 0.4) is 0 Å². The molecule has 0 atom stereocenters. The van der Waals surface area contributed by atoms with Gasteiger partial charge >= 0.3 is 0 Å². The van der Waals surface area contributed by atoms with Gasteiger partial charge in [0.2, 0.25) is 10.0 Å². The minimum Gasteiger partial charge on any atom is -0.443 e. The molecule has 2 rings (SSSR count). The highest BCUT2D eigenvalue weighted by Crippen LogP contribution is 2.25. The van der Waals surface area contributed by atoms with Crippen molar-refractivity contribution in [1.82, 2.24) is 4.98 Å². The van der Waals surface area contributed by atoms with Crippen LogP contribution in [0.15, 0.2) is 46.2 Å². The summed E-state index contributed by atoms with van der Waals surface area (Å²) in [6, 6.07) is 6.33. The maximum absolute atomic E-state index is 11.3. The average molecular weight is 224 g/mol. The maximum atomic E-state index is 11.3. The normalized spacial score (nSPS) is 11.5. The number of nitrogens with zero attached hydrogens (tertiary/aromatic N) is 1. The number of oxazole rings is 1. The molecule has 1 heterocycles. The first-order valence-corrected chi connectivity index (χ1v) is 5.64. The lowest BCUT2D eigenvalue weighted by Gasteiger charge is -2.03. The van der Waals surface area contributed by atoms with Crippen LogP contribution in [0, 0.1) is 0 Å². The van der Waals surface area contributed by atoms with Crippen LogP contribution in [0.2, 0.25) is 0 Å². The van der Waals surface area contributed by atoms with Crippen LogP contribution in [0.25, 0.3) is 11.3 Å². The second-order valence-corrected chi connectivity index (χ2v) is 4.44. The summed E-state index contributed by atoms with van der Waals surface area (Å²) in [5.41, 5.74) is 0.414. The van der Waals surface area contributed by atoms with Gasteiger partial charge in [0.05, 0.1) is 11.1 Å². The average Bonchev–Trinajstić information content (AvgIpc) is 2.69. The third-order valence-electron chi connectivity index (χ3n) is 1.89. The van der Waals surface area contributed by atoms with Crippen molar-refractivity contribution in [3.8, 4) is 11.3 Å². The molecule has 78 valence electrons. The van der Waals surface area contributed by atoms with Crippen LogP contribution in [-0.4, -0.2) is 13.4 Å². The van der Waals surface area contributed by atoms with E-state index in [-0.39, 0.29) is 4.90 Å². The molecule has 0 fully saturated rings. The van der Waals surface area contributed by atoms with Gasteiger partial charge in [-0.15, -0.1) is 0 Å². The Labute approximate surface area is 86.6 Å². The molecule has 0 saturated carbocycles. The Balaban J connectivity index is 2.68. The van der Waals surface area contributed by atoms with E-state index < -0.39 is 10.0 Å². The van der Waals surface area contributed by atoms with Gasteiger partial charge in [0, 0.05) is 5.56 Å². The van der Waals surface area contributed by atoms with Crippen molar-refractivity contribution in [1.29, 1.82) is 0 Å². The lowest BCUT2D eigenvalue weighted by atomic mass is 10.2. The largest absolute Gasteiger partial charge is 0.443 e. The molecular formula is C9H8N2O3S. The zero-order valence-corrected chi connectivity index (χ0v) is 8.44. The number of rotatable bonds is 2. The van der Waals surface area contributed by atoms with E-state index >= 15 is 0 Å². The Kier molecular flexibility index (Phi) is 2.29. The molecule has 0 spiro atoms. The van der Waals surface area contributed by atoms with E-state index in [1.165, 1.54) is 18.7 Å². The minimum absolute atomic E-state index is 0.0294. The van der Waals surface area contributed by atoms with Crippen molar-refractivity contribution < 1.29 is 12.8 Å². The molecule has 6 heteroatoms. The number of benzene rings is 1. The van der Waals surface area contributed by atoms with Gasteiger partial charge in [0.25, 0.3) is 0 Å². The van der Waals surface area contributed by atoms with Crippen LogP contribution in [0.1, 0.15) is 0 Å². The first-order valence-electron chi connectivity index (χ1n) is 4.10. The maximum Gasteiger partial charge on any atom is 0.238 e. The fourth-order valence-corrected chi connectivity index (χ4v) is 2.01. The molecule has 0 amide bonds. The molecule has 0 bridgehead atoms. The van der Waals surface area contributed by atoms with E-state index in [9.17, 15) is 8.42 Å². The highest BCUT2D eigenvalue weighted by Gasteiger charge is 2.15. The number of sulfonamides is 1. The number of hydrogen-bond donors (Lipinski definition) is 1. The van der Waals surface area contributed by atoms with Crippen LogP contribution < -0.4 is 5.14 Å². The summed E-state index contributed by atoms with van der Waals surface area (Å²) in [7, 11) is -3.75. The van der Waals surface area contributed by atoms with Crippen molar-refractivity contribution in [3.05, 3.63) is 36.9 Å². The molecule has 1 aromatic carbocycles. The molecule has 0 unspecified atom stereocenters. The smallest absolute Gasteiger partial charge is 0.238 e. The fraction of sp³-hybridized carbons (Fsp3) is 0. The van der Waals surface area contributed by atoms with Crippen molar-refractivity contribution in [3.63, 3.8) is 0 Å². The quantitative estimate of drug-likeness (QED) is 0.824. The zero-order valence-electron chi connectivity index (χ0n) is 7.62. The molecule has 0 saturated heterocycles. The lowest BCUT2D eigenvalue weighted by molar-refractivity contribution is 0.568. The van der Waals surface area contributed by atoms with Crippen LogP contribution in [-0.2, 0) is 10.0 Å². The predicted octanol–water partition coefficient (Wildman–Crippen LogP) is 0.989. The molecule has 2 aromatic rings. The molecule has 0 radical (unpaired) electrons. The summed E-state index contributed by atoms with van der Waals surface area (Å²) in [6.07, 6.45) is 2.67. The Hall–Kier alpha value is -1.66. The van der Waals surface area contributed by atoms with Gasteiger partial charge in [-0.1, -0.05) is 12.1 Å². The van der Waals surface area contributed by atoms with Crippen LogP contribution in [0.5, 0.6) is 0 Å². The molecule has 15 heavy (non-hydrogen) atoms. The van der Waals surface area contributed by atoms with Gasteiger partial charge in [-0.25, -0.2) is 18.5 Å². The third-order valence-corrected chi connectivity index (χ3v) is 2.86. The highest BCUT2D eigenvalue weighted by molar-refractivity contribution is 7.89. The van der Waals surface area contributed by atoms with Gasteiger partial charge in [-0.3, -0.25) is 0 Å². The second kappa shape index (κ2) is 3.48. The summed E-state index contributed by atoms with van der Waals surface area (Å²) >= 11 is 0. The molecular weight excluding hydrogens is 216 g/mol. The Morgan fingerprint density at radius 2 is 2.00 bits per heavy atom. The second-order valence-electron chi connectivity index (χ2n) is 2.91. The SMILES string of the molecule is NS(=O)(=O)c1ccccc1-c1cnco1. The number of primary sulfonamides is 1. The number of nitrogens with two attached hydrogens (primary N) is 1. The third kappa shape index (κ3) is 1.90. The molecule has 0 aliphatic rings. The molecule has 1 aromatic heterocycles. The lowest BCUT2D eigenvalue weighted by Crippen LogP contribution is -2.13. The fourth-order valence-electron chi connectivity index (χ4n) is 1.27. The van der Waals surface area contributed by atoms with E-state index in [1.807, 2.05) is 0 Å². The van der Waals surface area contributed by atoms with Gasteiger partial charge < -0.3 is 4.42 Å². The predicted molar refractivity (Wildman–Crippen MR) is 53.3 cm³/mol. The molecule has 0 aliphatic carbocycles.